The molecule has 39 heavy (non-hydrogen) atoms. The molecule has 0 aliphatic carbocycles. The summed E-state index contributed by atoms with van der Waals surface area (Å²) in [5.74, 6) is 0.398. The number of hydrogen-bond donors (Lipinski definition) is 3. The highest BCUT2D eigenvalue weighted by molar-refractivity contribution is 8.00. The molecule has 3 N–H and O–H groups in total. The number of aromatic nitrogens is 3. The van der Waals surface area contributed by atoms with E-state index in [1.165, 1.54) is 24.0 Å². The number of amides is 1. The maximum atomic E-state index is 12.8. The largest absolute Gasteiger partial charge is 0.507 e. The molecule has 1 atom stereocenters. The van der Waals surface area contributed by atoms with Crippen LogP contribution in [0.5, 0.6) is 5.75 Å². The number of carbonyl (C=O) groups is 1. The summed E-state index contributed by atoms with van der Waals surface area (Å²) in [7, 11) is 0. The molecule has 1 heterocycles. The van der Waals surface area contributed by atoms with Crippen LogP contribution >= 0.6 is 23.4 Å². The Balaban J connectivity index is 1.33. The highest BCUT2D eigenvalue weighted by Crippen LogP contribution is 2.28. The number of para-hydroxylation sites is 1. The molecule has 10 heteroatoms. The average Bonchev–Trinajstić information content (AvgIpc) is 3.36. The van der Waals surface area contributed by atoms with Crippen LogP contribution in [0.2, 0.25) is 5.02 Å². The maximum absolute atomic E-state index is 12.8. The van der Waals surface area contributed by atoms with Gasteiger partial charge in [0.2, 0.25) is 0 Å². The first-order valence-electron chi connectivity index (χ1n) is 12.2. The molecule has 0 aliphatic heterocycles. The first-order chi connectivity index (χ1) is 19.0. The van der Waals surface area contributed by atoms with Gasteiger partial charge < -0.3 is 10.4 Å². The van der Waals surface area contributed by atoms with Crippen LogP contribution in [-0.2, 0) is 11.3 Å². The minimum absolute atomic E-state index is 0.0143. The number of nitrogens with one attached hydrogen (secondary N) is 2. The fraction of sp³-hybridized carbons (Fsp3) is 0.103. The van der Waals surface area contributed by atoms with E-state index < -0.39 is 5.25 Å². The number of anilines is 1. The van der Waals surface area contributed by atoms with Crippen LogP contribution in [0.3, 0.4) is 0 Å². The number of fused-ring (bicyclic) bond motifs is 1. The van der Waals surface area contributed by atoms with Crippen molar-refractivity contribution in [1.82, 2.24) is 20.2 Å². The van der Waals surface area contributed by atoms with Gasteiger partial charge in [-0.25, -0.2) is 5.43 Å². The smallest absolute Gasteiger partial charge is 0.253 e. The minimum atomic E-state index is -0.527. The molecule has 5 aromatic rings. The number of benzene rings is 4. The summed E-state index contributed by atoms with van der Waals surface area (Å²) in [5.41, 5.74) is 4.80. The summed E-state index contributed by atoms with van der Waals surface area (Å²) in [6, 6.07) is 28.7. The van der Waals surface area contributed by atoms with E-state index in [0.717, 1.165) is 22.1 Å². The average molecular weight is 557 g/mol. The highest BCUT2D eigenvalue weighted by atomic mass is 35.5. The molecule has 8 nitrogen and oxygen atoms in total. The molecular formula is C29H25ClN6O2S. The van der Waals surface area contributed by atoms with Crippen molar-refractivity contribution < 1.29 is 9.90 Å². The van der Waals surface area contributed by atoms with Crippen molar-refractivity contribution in [3.63, 3.8) is 0 Å². The van der Waals surface area contributed by atoms with E-state index >= 15 is 0 Å². The Morgan fingerprint density at radius 1 is 1.05 bits per heavy atom. The maximum Gasteiger partial charge on any atom is 0.253 e. The van der Waals surface area contributed by atoms with Crippen molar-refractivity contribution in [2.45, 2.75) is 23.9 Å². The first-order valence-corrected chi connectivity index (χ1v) is 13.4. The molecule has 0 spiro atoms. The zero-order valence-corrected chi connectivity index (χ0v) is 22.5. The third kappa shape index (κ3) is 6.22. The third-order valence-electron chi connectivity index (χ3n) is 5.96. The van der Waals surface area contributed by atoms with Gasteiger partial charge in [-0.1, -0.05) is 78.0 Å². The van der Waals surface area contributed by atoms with Gasteiger partial charge in [-0.3, -0.25) is 9.36 Å². The number of rotatable bonds is 9. The third-order valence-corrected chi connectivity index (χ3v) is 7.24. The molecule has 0 fully saturated rings. The van der Waals surface area contributed by atoms with Gasteiger partial charge in [0, 0.05) is 27.3 Å². The molecule has 5 rings (SSSR count). The molecule has 0 radical (unpaired) electrons. The van der Waals surface area contributed by atoms with Crippen molar-refractivity contribution >= 4 is 51.9 Å². The lowest BCUT2D eigenvalue weighted by Gasteiger charge is -2.14. The Hall–Kier alpha value is -4.34. The molecule has 1 amide bonds. The van der Waals surface area contributed by atoms with Gasteiger partial charge in [0.1, 0.15) is 5.75 Å². The summed E-state index contributed by atoms with van der Waals surface area (Å²) in [4.78, 5) is 12.8. The van der Waals surface area contributed by atoms with E-state index in [1.807, 2.05) is 59.2 Å². The fourth-order valence-electron chi connectivity index (χ4n) is 3.98. The molecule has 0 saturated heterocycles. The van der Waals surface area contributed by atoms with E-state index in [2.05, 4.69) is 44.2 Å². The summed E-state index contributed by atoms with van der Waals surface area (Å²) in [6.45, 7) is 2.20. The topological polar surface area (TPSA) is 104 Å². The molecule has 196 valence electrons. The molecule has 0 saturated carbocycles. The second-order valence-corrected chi connectivity index (χ2v) is 10.4. The van der Waals surface area contributed by atoms with Gasteiger partial charge in [-0.15, -0.1) is 10.2 Å². The lowest BCUT2D eigenvalue weighted by Crippen LogP contribution is -2.27. The number of carbonyl (C=O) groups excluding carboxylic acids is 1. The van der Waals surface area contributed by atoms with Crippen LogP contribution in [-0.4, -0.2) is 37.2 Å². The molecule has 4 aromatic carbocycles. The number of aromatic hydroxyl groups is 1. The monoisotopic (exact) mass is 556 g/mol. The molecular weight excluding hydrogens is 532 g/mol. The molecule has 1 aromatic heterocycles. The zero-order chi connectivity index (χ0) is 27.2. The van der Waals surface area contributed by atoms with Gasteiger partial charge in [0.05, 0.1) is 18.0 Å². The van der Waals surface area contributed by atoms with E-state index in [-0.39, 0.29) is 11.7 Å². The van der Waals surface area contributed by atoms with E-state index in [0.29, 0.717) is 28.1 Å². The second kappa shape index (κ2) is 12.0. The van der Waals surface area contributed by atoms with Crippen LogP contribution in [0, 0.1) is 0 Å². The first kappa shape index (κ1) is 26.3. The van der Waals surface area contributed by atoms with Crippen LogP contribution in [0.1, 0.15) is 18.3 Å². The van der Waals surface area contributed by atoms with Crippen LogP contribution in [0.4, 0.5) is 5.69 Å². The van der Waals surface area contributed by atoms with Gasteiger partial charge in [0.25, 0.3) is 5.91 Å². The van der Waals surface area contributed by atoms with Crippen LogP contribution < -0.4 is 10.7 Å². The number of thioether (sulfide) groups is 1. The number of phenols is 1. The summed E-state index contributed by atoms with van der Waals surface area (Å²) in [5, 5.41) is 29.0. The number of hydrogen-bond acceptors (Lipinski definition) is 7. The van der Waals surface area contributed by atoms with Crippen LogP contribution in [0.25, 0.3) is 16.5 Å². The van der Waals surface area contributed by atoms with Crippen molar-refractivity contribution in [2.75, 3.05) is 5.32 Å². The summed E-state index contributed by atoms with van der Waals surface area (Å²) >= 11 is 7.24. The fourth-order valence-corrected chi connectivity index (χ4v) is 5.04. The quantitative estimate of drug-likeness (QED) is 0.116. The molecule has 0 aliphatic rings. The SMILES string of the molecule is C[C@H](Sc1nnc(CNc2cccc3ccccc23)n1-c1ccccc1)C(=O)N/N=C\c1cc(Cl)ccc1O. The van der Waals surface area contributed by atoms with E-state index in [1.54, 1.807) is 19.1 Å². The summed E-state index contributed by atoms with van der Waals surface area (Å²) < 4.78 is 1.94. The van der Waals surface area contributed by atoms with Gasteiger partial charge in [0.15, 0.2) is 11.0 Å². The Morgan fingerprint density at radius 2 is 1.82 bits per heavy atom. The number of phenolic OH excluding ortho intramolecular Hbond substituents is 1. The Bertz CT molecular complexity index is 1630. The second-order valence-electron chi connectivity index (χ2n) is 8.65. The Morgan fingerprint density at radius 3 is 2.67 bits per heavy atom. The Labute approximate surface area is 234 Å². The normalized spacial score (nSPS) is 12.1. The van der Waals surface area contributed by atoms with E-state index in [4.69, 9.17) is 11.6 Å². The predicted molar refractivity (Wildman–Crippen MR) is 157 cm³/mol. The van der Waals surface area contributed by atoms with Gasteiger partial charge >= 0.3 is 0 Å². The van der Waals surface area contributed by atoms with E-state index in [9.17, 15) is 9.90 Å². The van der Waals surface area contributed by atoms with Crippen molar-refractivity contribution in [3.05, 3.63) is 107 Å². The van der Waals surface area contributed by atoms with Crippen molar-refractivity contribution in [1.29, 1.82) is 0 Å². The molecule has 0 unspecified atom stereocenters. The van der Waals surface area contributed by atoms with Crippen LogP contribution in [0.15, 0.2) is 101 Å². The predicted octanol–water partition coefficient (Wildman–Crippen LogP) is 6.02. The van der Waals surface area contributed by atoms with Crippen molar-refractivity contribution in [2.24, 2.45) is 5.10 Å². The van der Waals surface area contributed by atoms with Gasteiger partial charge in [-0.05, 0) is 48.7 Å². The number of hydrazone groups is 1. The highest BCUT2D eigenvalue weighted by Gasteiger charge is 2.21. The number of halogens is 1. The van der Waals surface area contributed by atoms with Crippen molar-refractivity contribution in [3.8, 4) is 11.4 Å². The standard InChI is InChI=1S/C29H25ClN6O2S/c1-19(28(38)34-32-17-21-16-22(30)14-15-26(21)37)39-29-35-33-27(36(29)23-10-3-2-4-11-23)18-31-25-13-7-9-20-8-5-6-12-24(20)25/h2-17,19,31,37H,18H2,1H3,(H,34,38)/b32-17-/t19-/m0/s1. The van der Waals surface area contributed by atoms with Gasteiger partial charge in [-0.2, -0.15) is 5.10 Å². The zero-order valence-electron chi connectivity index (χ0n) is 21.0. The molecule has 0 bridgehead atoms. The summed E-state index contributed by atoms with van der Waals surface area (Å²) in [6.07, 6.45) is 1.35. The minimum Gasteiger partial charge on any atom is -0.507 e. The Kier molecular flexibility index (Phi) is 8.10. The lowest BCUT2D eigenvalue weighted by atomic mass is 10.1. The lowest BCUT2D eigenvalue weighted by molar-refractivity contribution is -0.120. The number of nitrogens with zero attached hydrogens (tertiary/aromatic N) is 4.